The van der Waals surface area contributed by atoms with E-state index in [9.17, 15) is 4.79 Å². The number of carbonyl (C=O) groups is 1. The molecular formula is C20H21N3O2S. The normalized spacial score (nSPS) is 10.5. The van der Waals surface area contributed by atoms with Gasteiger partial charge in [0.1, 0.15) is 5.69 Å². The molecule has 3 aromatic rings. The molecule has 0 atom stereocenters. The molecule has 0 saturated heterocycles. The lowest BCUT2D eigenvalue weighted by molar-refractivity contribution is 0.0946. The number of amides is 1. The van der Waals surface area contributed by atoms with Crippen LogP contribution in [0.5, 0.6) is 5.88 Å². The maximum atomic E-state index is 12.4. The summed E-state index contributed by atoms with van der Waals surface area (Å²) in [7, 11) is 0. The number of aromatic nitrogens is 2. The van der Waals surface area contributed by atoms with Crippen LogP contribution in [0.3, 0.4) is 0 Å². The monoisotopic (exact) mass is 367 g/mol. The Morgan fingerprint density at radius 3 is 2.85 bits per heavy atom. The Kier molecular flexibility index (Phi) is 6.33. The van der Waals surface area contributed by atoms with Crippen LogP contribution in [0.1, 0.15) is 40.0 Å². The number of pyridine rings is 1. The molecule has 0 aliphatic rings. The van der Waals surface area contributed by atoms with Crippen LogP contribution in [-0.2, 0) is 13.0 Å². The second kappa shape index (κ2) is 9.10. The van der Waals surface area contributed by atoms with Gasteiger partial charge in [0, 0.05) is 30.1 Å². The first-order chi connectivity index (χ1) is 12.8. The molecule has 0 saturated carbocycles. The molecule has 5 nitrogen and oxygen atoms in total. The fourth-order valence-electron chi connectivity index (χ4n) is 2.42. The van der Waals surface area contributed by atoms with Crippen molar-refractivity contribution in [3.63, 3.8) is 0 Å². The smallest absolute Gasteiger partial charge is 0.271 e. The van der Waals surface area contributed by atoms with Crippen LogP contribution in [0.4, 0.5) is 0 Å². The molecule has 6 heteroatoms. The molecule has 0 bridgehead atoms. The van der Waals surface area contributed by atoms with Crippen molar-refractivity contribution in [2.24, 2.45) is 0 Å². The van der Waals surface area contributed by atoms with Gasteiger partial charge in [0.15, 0.2) is 0 Å². The molecule has 1 aromatic carbocycles. The molecule has 1 amide bonds. The first-order valence-corrected chi connectivity index (χ1v) is 9.47. The molecule has 0 fully saturated rings. The van der Waals surface area contributed by atoms with Crippen LogP contribution in [0.15, 0.2) is 54.0 Å². The van der Waals surface area contributed by atoms with Gasteiger partial charge in [-0.2, -0.15) is 0 Å². The zero-order valence-corrected chi connectivity index (χ0v) is 15.5. The lowest BCUT2D eigenvalue weighted by Crippen LogP contribution is -2.23. The number of nitrogens with one attached hydrogen (secondary N) is 1. The van der Waals surface area contributed by atoms with E-state index in [0.717, 1.165) is 23.4 Å². The van der Waals surface area contributed by atoms with Gasteiger partial charge in [-0.3, -0.25) is 4.79 Å². The highest BCUT2D eigenvalue weighted by Gasteiger charge is 2.12. The van der Waals surface area contributed by atoms with Gasteiger partial charge in [-0.05, 0) is 18.1 Å². The predicted octanol–water partition coefficient (Wildman–Crippen LogP) is 3.85. The molecule has 134 valence electrons. The van der Waals surface area contributed by atoms with Gasteiger partial charge in [-0.15, -0.1) is 11.3 Å². The van der Waals surface area contributed by atoms with E-state index in [4.69, 9.17) is 4.74 Å². The van der Waals surface area contributed by atoms with Crippen molar-refractivity contribution in [2.75, 3.05) is 6.61 Å². The quantitative estimate of drug-likeness (QED) is 0.657. The van der Waals surface area contributed by atoms with E-state index in [1.807, 2.05) is 37.3 Å². The molecule has 0 spiro atoms. The second-order valence-corrected chi connectivity index (χ2v) is 6.73. The molecule has 2 heterocycles. The molecule has 26 heavy (non-hydrogen) atoms. The third-order valence-corrected chi connectivity index (χ3v) is 4.56. The topological polar surface area (TPSA) is 64.1 Å². The summed E-state index contributed by atoms with van der Waals surface area (Å²) in [6, 6.07) is 13.8. The van der Waals surface area contributed by atoms with E-state index in [-0.39, 0.29) is 5.91 Å². The zero-order chi connectivity index (χ0) is 18.2. The summed E-state index contributed by atoms with van der Waals surface area (Å²) in [5.74, 6) is 0.378. The largest absolute Gasteiger partial charge is 0.477 e. The van der Waals surface area contributed by atoms with E-state index < -0.39 is 0 Å². The summed E-state index contributed by atoms with van der Waals surface area (Å²) in [6.45, 7) is 3.00. The second-order valence-electron chi connectivity index (χ2n) is 5.79. The molecule has 2 aromatic heterocycles. The lowest BCUT2D eigenvalue weighted by atomic mass is 10.2. The Labute approximate surface area is 157 Å². The van der Waals surface area contributed by atoms with Crippen LogP contribution in [0, 0.1) is 0 Å². The highest BCUT2D eigenvalue weighted by Crippen LogP contribution is 2.16. The molecule has 3 rings (SSSR count). The summed E-state index contributed by atoms with van der Waals surface area (Å²) < 4.78 is 5.62. The van der Waals surface area contributed by atoms with Gasteiger partial charge in [0.05, 0.1) is 11.6 Å². The van der Waals surface area contributed by atoms with Crippen molar-refractivity contribution in [3.05, 3.63) is 75.9 Å². The number of carbonyl (C=O) groups excluding carboxylic acids is 1. The van der Waals surface area contributed by atoms with E-state index in [2.05, 4.69) is 27.4 Å². The number of thiazole rings is 1. The van der Waals surface area contributed by atoms with Crippen molar-refractivity contribution >= 4 is 17.2 Å². The zero-order valence-electron chi connectivity index (χ0n) is 14.6. The minimum Gasteiger partial charge on any atom is -0.477 e. The van der Waals surface area contributed by atoms with E-state index in [1.54, 1.807) is 11.6 Å². The fraction of sp³-hybridized carbons (Fsp3) is 0.250. The Hall–Kier alpha value is -2.73. The third-order valence-electron chi connectivity index (χ3n) is 3.71. The van der Waals surface area contributed by atoms with E-state index in [0.29, 0.717) is 24.7 Å². The Balaban J connectivity index is 1.59. The first-order valence-electron chi connectivity index (χ1n) is 8.59. The number of ether oxygens (including phenoxy) is 1. The maximum Gasteiger partial charge on any atom is 0.271 e. The number of benzene rings is 1. The van der Waals surface area contributed by atoms with Crippen molar-refractivity contribution in [3.8, 4) is 5.88 Å². The summed E-state index contributed by atoms with van der Waals surface area (Å²) in [6.07, 6.45) is 3.33. The van der Waals surface area contributed by atoms with Crippen molar-refractivity contribution in [2.45, 2.75) is 26.3 Å². The number of rotatable bonds is 8. The van der Waals surface area contributed by atoms with Gasteiger partial charge in [-0.25, -0.2) is 9.97 Å². The predicted molar refractivity (Wildman–Crippen MR) is 103 cm³/mol. The van der Waals surface area contributed by atoms with Gasteiger partial charge < -0.3 is 10.1 Å². The summed E-state index contributed by atoms with van der Waals surface area (Å²) in [5, 5.41) is 5.62. The average Bonchev–Trinajstić information content (AvgIpc) is 3.14. The Morgan fingerprint density at radius 2 is 2.04 bits per heavy atom. The molecule has 0 radical (unpaired) electrons. The maximum absolute atomic E-state index is 12.4. The van der Waals surface area contributed by atoms with Crippen molar-refractivity contribution in [1.82, 2.24) is 15.3 Å². The number of hydrogen-bond acceptors (Lipinski definition) is 5. The number of nitrogens with zero attached hydrogens (tertiary/aromatic N) is 2. The Bertz CT molecular complexity index is 849. The van der Waals surface area contributed by atoms with E-state index >= 15 is 0 Å². The molecule has 0 aliphatic carbocycles. The highest BCUT2D eigenvalue weighted by molar-refractivity contribution is 7.09. The summed E-state index contributed by atoms with van der Waals surface area (Å²) >= 11 is 1.50. The van der Waals surface area contributed by atoms with Crippen LogP contribution in [0.25, 0.3) is 0 Å². The summed E-state index contributed by atoms with van der Waals surface area (Å²) in [4.78, 5) is 21.1. The number of hydrogen-bond donors (Lipinski definition) is 1. The van der Waals surface area contributed by atoms with Crippen molar-refractivity contribution in [1.29, 1.82) is 0 Å². The van der Waals surface area contributed by atoms with Crippen LogP contribution < -0.4 is 10.1 Å². The molecular weight excluding hydrogens is 346 g/mol. The molecule has 0 aliphatic heterocycles. The van der Waals surface area contributed by atoms with E-state index in [1.165, 1.54) is 16.9 Å². The highest BCUT2D eigenvalue weighted by atomic mass is 32.1. The van der Waals surface area contributed by atoms with Crippen LogP contribution in [0.2, 0.25) is 0 Å². The fourth-order valence-corrected chi connectivity index (χ4v) is 3.23. The molecule has 0 unspecified atom stereocenters. The van der Waals surface area contributed by atoms with Crippen molar-refractivity contribution < 1.29 is 9.53 Å². The molecule has 1 N–H and O–H groups in total. The van der Waals surface area contributed by atoms with Gasteiger partial charge in [0.2, 0.25) is 5.88 Å². The third kappa shape index (κ3) is 4.89. The van der Waals surface area contributed by atoms with Gasteiger partial charge >= 0.3 is 0 Å². The Morgan fingerprint density at radius 1 is 1.19 bits per heavy atom. The van der Waals surface area contributed by atoms with Crippen LogP contribution >= 0.6 is 11.3 Å². The standard InChI is InChI=1S/C20H21N3O2S/c1-2-11-25-20-16(9-6-10-21-20)13-22-19(24)17-14-26-18(23-17)12-15-7-4-3-5-8-15/h3-10,14H,2,11-13H2,1H3,(H,22,24). The minimum absolute atomic E-state index is 0.189. The first kappa shape index (κ1) is 18.1. The van der Waals surface area contributed by atoms with Gasteiger partial charge in [0.25, 0.3) is 5.91 Å². The minimum atomic E-state index is -0.189. The van der Waals surface area contributed by atoms with Crippen LogP contribution in [-0.4, -0.2) is 22.5 Å². The SMILES string of the molecule is CCCOc1ncccc1CNC(=O)c1csc(Cc2ccccc2)n1. The van der Waals surface area contributed by atoms with Gasteiger partial charge in [-0.1, -0.05) is 43.3 Å². The lowest BCUT2D eigenvalue weighted by Gasteiger charge is -2.09. The average molecular weight is 367 g/mol. The summed E-state index contributed by atoms with van der Waals surface area (Å²) in [5.41, 5.74) is 2.48.